The van der Waals surface area contributed by atoms with E-state index in [1.807, 2.05) is 84.9 Å². The number of rotatable bonds is 7. The molecule has 0 spiro atoms. The van der Waals surface area contributed by atoms with E-state index in [2.05, 4.69) is 15.3 Å². The predicted molar refractivity (Wildman–Crippen MR) is 132 cm³/mol. The van der Waals surface area contributed by atoms with Gasteiger partial charge in [0.15, 0.2) is 5.76 Å². The molecule has 1 N–H and O–H groups in total. The smallest absolute Gasteiger partial charge is 0.217 e. The van der Waals surface area contributed by atoms with Gasteiger partial charge in [-0.2, -0.15) is 0 Å². The number of benzene rings is 3. The third-order valence-electron chi connectivity index (χ3n) is 5.77. The summed E-state index contributed by atoms with van der Waals surface area (Å²) in [6.45, 7) is 1.67. The first-order valence-electron chi connectivity index (χ1n) is 11.4. The first kappa shape index (κ1) is 21.3. The van der Waals surface area contributed by atoms with Gasteiger partial charge < -0.3 is 23.9 Å². The molecular formula is C28H23N3O4. The fourth-order valence-corrected chi connectivity index (χ4v) is 3.98. The minimum atomic E-state index is -0.440. The van der Waals surface area contributed by atoms with Crippen LogP contribution in [0, 0.1) is 0 Å². The van der Waals surface area contributed by atoms with Crippen LogP contribution in [0.4, 0.5) is 11.5 Å². The molecule has 35 heavy (non-hydrogen) atoms. The summed E-state index contributed by atoms with van der Waals surface area (Å²) < 4.78 is 23.0. The maximum absolute atomic E-state index is 6.00. The zero-order chi connectivity index (χ0) is 23.5. The number of anilines is 2. The Bertz CT molecular complexity index is 1430. The Kier molecular flexibility index (Phi) is 5.84. The van der Waals surface area contributed by atoms with Crippen molar-refractivity contribution in [2.75, 3.05) is 18.5 Å². The maximum Gasteiger partial charge on any atom is 0.217 e. The number of aromatic nitrogens is 2. The summed E-state index contributed by atoms with van der Waals surface area (Å²) in [4.78, 5) is 8.89. The van der Waals surface area contributed by atoms with Gasteiger partial charge in [-0.3, -0.25) is 0 Å². The summed E-state index contributed by atoms with van der Waals surface area (Å²) in [7, 11) is 0. The quantitative estimate of drug-likeness (QED) is 0.304. The minimum Gasteiger partial charge on any atom is -0.489 e. The van der Waals surface area contributed by atoms with Gasteiger partial charge in [0, 0.05) is 16.6 Å². The van der Waals surface area contributed by atoms with Crippen molar-refractivity contribution in [1.82, 2.24) is 9.97 Å². The number of ether oxygens (including phenoxy) is 3. The number of nitrogens with one attached hydrogen (secondary N) is 1. The highest BCUT2D eigenvalue weighted by Gasteiger charge is 2.22. The molecule has 1 fully saturated rings. The fourth-order valence-electron chi connectivity index (χ4n) is 3.98. The number of hydrogen-bond donors (Lipinski definition) is 1. The average Bonchev–Trinajstić information content (AvgIpc) is 3.62. The lowest BCUT2D eigenvalue weighted by molar-refractivity contribution is -0.0585. The molecule has 1 aliphatic rings. The van der Waals surface area contributed by atoms with Gasteiger partial charge in [0.1, 0.15) is 30.3 Å². The summed E-state index contributed by atoms with van der Waals surface area (Å²) in [6.07, 6.45) is 1.12. The Morgan fingerprint density at radius 2 is 1.69 bits per heavy atom. The Labute approximate surface area is 202 Å². The Balaban J connectivity index is 1.21. The molecule has 174 valence electrons. The van der Waals surface area contributed by atoms with Gasteiger partial charge in [0.05, 0.1) is 18.7 Å². The Morgan fingerprint density at radius 3 is 2.51 bits per heavy atom. The minimum absolute atomic E-state index is 0.440. The molecule has 5 aromatic rings. The van der Waals surface area contributed by atoms with Crippen molar-refractivity contribution in [1.29, 1.82) is 0 Å². The molecule has 0 aliphatic carbocycles. The SMILES string of the molecule is c1ccc(COc2ccc(Nc3ncnc4ccc(-c5ccc(C6OCCO6)o5)cc34)cc2)cc1. The molecule has 1 aliphatic heterocycles. The number of furan rings is 1. The van der Waals surface area contributed by atoms with E-state index in [-0.39, 0.29) is 0 Å². The van der Waals surface area contributed by atoms with Crippen LogP contribution < -0.4 is 10.1 Å². The molecule has 1 saturated heterocycles. The molecule has 2 aromatic heterocycles. The van der Waals surface area contributed by atoms with Gasteiger partial charge >= 0.3 is 0 Å². The third-order valence-corrected chi connectivity index (χ3v) is 5.77. The van der Waals surface area contributed by atoms with Crippen molar-refractivity contribution in [3.05, 3.63) is 103 Å². The average molecular weight is 466 g/mol. The highest BCUT2D eigenvalue weighted by molar-refractivity contribution is 5.93. The van der Waals surface area contributed by atoms with Crippen LogP contribution in [0.5, 0.6) is 5.75 Å². The maximum atomic E-state index is 6.00. The number of nitrogens with zero attached hydrogens (tertiary/aromatic N) is 2. The molecule has 3 aromatic carbocycles. The van der Waals surface area contributed by atoms with Gasteiger partial charge in [-0.25, -0.2) is 9.97 Å². The molecule has 0 radical (unpaired) electrons. The summed E-state index contributed by atoms with van der Waals surface area (Å²) in [6, 6.07) is 27.7. The van der Waals surface area contributed by atoms with E-state index >= 15 is 0 Å². The van der Waals surface area contributed by atoms with Crippen molar-refractivity contribution in [2.24, 2.45) is 0 Å². The lowest BCUT2D eigenvalue weighted by atomic mass is 10.1. The Hall–Kier alpha value is -4.20. The zero-order valence-corrected chi connectivity index (χ0v) is 18.9. The largest absolute Gasteiger partial charge is 0.489 e. The molecule has 0 atom stereocenters. The summed E-state index contributed by atoms with van der Waals surface area (Å²) in [5.74, 6) is 2.91. The van der Waals surface area contributed by atoms with Crippen molar-refractivity contribution in [3.8, 4) is 17.1 Å². The van der Waals surface area contributed by atoms with Gasteiger partial charge in [0.2, 0.25) is 6.29 Å². The van der Waals surface area contributed by atoms with E-state index in [0.717, 1.165) is 39.2 Å². The first-order chi connectivity index (χ1) is 17.3. The van der Waals surface area contributed by atoms with Crippen molar-refractivity contribution < 1.29 is 18.6 Å². The summed E-state index contributed by atoms with van der Waals surface area (Å²) in [5.41, 5.74) is 3.79. The van der Waals surface area contributed by atoms with E-state index in [1.54, 1.807) is 6.33 Å². The normalized spacial score (nSPS) is 13.8. The predicted octanol–water partition coefficient (Wildman–Crippen LogP) is 6.26. The molecule has 7 heteroatoms. The second kappa shape index (κ2) is 9.58. The molecule has 6 rings (SSSR count). The van der Waals surface area contributed by atoms with Crippen LogP contribution in [-0.4, -0.2) is 23.2 Å². The first-order valence-corrected chi connectivity index (χ1v) is 11.4. The van der Waals surface area contributed by atoms with E-state index in [9.17, 15) is 0 Å². The number of fused-ring (bicyclic) bond motifs is 1. The van der Waals surface area contributed by atoms with Crippen molar-refractivity contribution in [2.45, 2.75) is 12.9 Å². The van der Waals surface area contributed by atoms with Gasteiger partial charge in [0.25, 0.3) is 0 Å². The van der Waals surface area contributed by atoms with E-state index in [4.69, 9.17) is 18.6 Å². The van der Waals surface area contributed by atoms with E-state index < -0.39 is 6.29 Å². The van der Waals surface area contributed by atoms with Gasteiger partial charge in [-0.05, 0) is 60.2 Å². The fraction of sp³-hybridized carbons (Fsp3) is 0.143. The molecule has 7 nitrogen and oxygen atoms in total. The van der Waals surface area contributed by atoms with E-state index in [0.29, 0.717) is 31.4 Å². The standard InChI is InChI=1S/C28H23N3O4/c1-2-4-19(5-3-1)17-34-22-9-7-21(8-10-22)31-27-23-16-20(6-11-24(23)29-18-30-27)25-12-13-26(35-25)28-32-14-15-33-28/h1-13,16,18,28H,14-15,17H2,(H,29,30,31). The van der Waals surface area contributed by atoms with Crippen molar-refractivity contribution >= 4 is 22.4 Å². The van der Waals surface area contributed by atoms with Gasteiger partial charge in [-0.15, -0.1) is 0 Å². The van der Waals surface area contributed by atoms with Crippen LogP contribution >= 0.6 is 0 Å². The highest BCUT2D eigenvalue weighted by atomic mass is 16.7. The molecule has 0 amide bonds. The van der Waals surface area contributed by atoms with Crippen LogP contribution in [0.1, 0.15) is 17.6 Å². The van der Waals surface area contributed by atoms with Crippen LogP contribution in [0.25, 0.3) is 22.2 Å². The highest BCUT2D eigenvalue weighted by Crippen LogP contribution is 2.33. The van der Waals surface area contributed by atoms with Crippen LogP contribution in [0.15, 0.2) is 95.7 Å². The third kappa shape index (κ3) is 4.73. The second-order valence-corrected chi connectivity index (χ2v) is 8.15. The lowest BCUT2D eigenvalue weighted by Crippen LogP contribution is -1.97. The zero-order valence-electron chi connectivity index (χ0n) is 18.9. The molecule has 0 bridgehead atoms. The van der Waals surface area contributed by atoms with E-state index in [1.165, 1.54) is 0 Å². The summed E-state index contributed by atoms with van der Waals surface area (Å²) >= 11 is 0. The number of hydrogen-bond acceptors (Lipinski definition) is 7. The lowest BCUT2D eigenvalue weighted by Gasteiger charge is -2.11. The summed E-state index contributed by atoms with van der Waals surface area (Å²) in [5, 5.41) is 4.29. The van der Waals surface area contributed by atoms with Gasteiger partial charge in [-0.1, -0.05) is 30.3 Å². The molecule has 3 heterocycles. The molecule has 0 unspecified atom stereocenters. The second-order valence-electron chi connectivity index (χ2n) is 8.15. The van der Waals surface area contributed by atoms with Crippen LogP contribution in [0.3, 0.4) is 0 Å². The van der Waals surface area contributed by atoms with Crippen molar-refractivity contribution in [3.63, 3.8) is 0 Å². The molecule has 0 saturated carbocycles. The monoisotopic (exact) mass is 465 g/mol. The topological polar surface area (TPSA) is 78.6 Å². The van der Waals surface area contributed by atoms with Crippen LogP contribution in [0.2, 0.25) is 0 Å². The molecular weight excluding hydrogens is 442 g/mol. The Morgan fingerprint density at radius 1 is 0.857 bits per heavy atom. The van der Waals surface area contributed by atoms with Crippen LogP contribution in [-0.2, 0) is 16.1 Å².